The van der Waals surface area contributed by atoms with Gasteiger partial charge in [0.05, 0.1) is 5.69 Å². The van der Waals surface area contributed by atoms with Crippen molar-refractivity contribution >= 4 is 29.0 Å². The first-order valence-corrected chi connectivity index (χ1v) is 10.1. The van der Waals surface area contributed by atoms with Crippen LogP contribution >= 0.6 is 23.1 Å². The highest BCUT2D eigenvalue weighted by Gasteiger charge is 2.24. The van der Waals surface area contributed by atoms with Crippen molar-refractivity contribution in [2.45, 2.75) is 68.6 Å². The Kier molecular flexibility index (Phi) is 5.61. The Morgan fingerprint density at radius 1 is 1.29 bits per heavy atom. The third-order valence-electron chi connectivity index (χ3n) is 4.30. The molecule has 1 saturated carbocycles. The number of nitrogens with one attached hydrogen (secondary N) is 1. The van der Waals surface area contributed by atoms with Crippen LogP contribution in [0.1, 0.15) is 42.8 Å². The normalized spacial score (nSPS) is 21.0. The summed E-state index contributed by atoms with van der Waals surface area (Å²) in [6.07, 6.45) is 4.36. The molecule has 0 radical (unpaired) electrons. The van der Waals surface area contributed by atoms with E-state index in [0.717, 1.165) is 42.8 Å². The topological polar surface area (TPSA) is 59.8 Å². The smallest absolute Gasteiger partial charge is 0.241 e. The van der Waals surface area contributed by atoms with Gasteiger partial charge in [0.15, 0.2) is 0 Å². The second-order valence-corrected chi connectivity index (χ2v) is 8.90. The molecule has 1 fully saturated rings. The van der Waals surface area contributed by atoms with Crippen molar-refractivity contribution in [1.82, 2.24) is 20.1 Å². The van der Waals surface area contributed by atoms with Gasteiger partial charge in [-0.05, 0) is 52.5 Å². The largest absolute Gasteiger partial charge is 0.352 e. The van der Waals surface area contributed by atoms with Gasteiger partial charge in [-0.15, -0.1) is 11.3 Å². The Hall–Kier alpha value is -1.34. The lowest BCUT2D eigenvalue weighted by Gasteiger charge is -2.28. The average Bonchev–Trinajstić information content (AvgIpc) is 3.06. The monoisotopic (exact) mass is 364 g/mol. The van der Waals surface area contributed by atoms with E-state index >= 15 is 0 Å². The minimum atomic E-state index is 0.0628. The third-order valence-corrected chi connectivity index (χ3v) is 6.73. The van der Waals surface area contributed by atoms with Crippen molar-refractivity contribution in [3.8, 4) is 0 Å². The Bertz CT molecular complexity index is 701. The zero-order valence-electron chi connectivity index (χ0n) is 14.4. The molecule has 24 heavy (non-hydrogen) atoms. The number of hydrogen-bond acceptors (Lipinski definition) is 5. The zero-order chi connectivity index (χ0) is 17.1. The summed E-state index contributed by atoms with van der Waals surface area (Å²) in [5.41, 5.74) is 3.09. The number of aromatic nitrogens is 3. The SMILES string of the molecule is Cc1csc(SC2CCC(NC(=O)Cn3nc(C)cc3C)CC2)n1. The van der Waals surface area contributed by atoms with Crippen LogP contribution in [-0.2, 0) is 11.3 Å². The van der Waals surface area contributed by atoms with E-state index in [9.17, 15) is 4.79 Å². The molecule has 0 aromatic carbocycles. The van der Waals surface area contributed by atoms with Gasteiger partial charge >= 0.3 is 0 Å². The van der Waals surface area contributed by atoms with Crippen LogP contribution in [0.2, 0.25) is 0 Å². The predicted molar refractivity (Wildman–Crippen MR) is 98.6 cm³/mol. The number of aryl methyl sites for hydroxylation is 3. The highest BCUT2D eigenvalue weighted by Crippen LogP contribution is 2.35. The lowest BCUT2D eigenvalue weighted by Crippen LogP contribution is -2.40. The molecule has 0 bridgehead atoms. The van der Waals surface area contributed by atoms with E-state index in [2.05, 4.69) is 20.8 Å². The number of rotatable bonds is 5. The van der Waals surface area contributed by atoms with E-state index in [1.807, 2.05) is 38.6 Å². The van der Waals surface area contributed by atoms with Gasteiger partial charge in [-0.1, -0.05) is 11.8 Å². The minimum Gasteiger partial charge on any atom is -0.352 e. The molecule has 0 saturated heterocycles. The van der Waals surface area contributed by atoms with Gasteiger partial charge in [-0.2, -0.15) is 5.10 Å². The van der Waals surface area contributed by atoms with Crippen molar-refractivity contribution in [2.24, 2.45) is 0 Å². The summed E-state index contributed by atoms with van der Waals surface area (Å²) >= 11 is 3.63. The summed E-state index contributed by atoms with van der Waals surface area (Å²) in [5.74, 6) is 0.0628. The van der Waals surface area contributed by atoms with Crippen molar-refractivity contribution in [1.29, 1.82) is 0 Å². The van der Waals surface area contributed by atoms with Gasteiger partial charge in [-0.25, -0.2) is 4.98 Å². The van der Waals surface area contributed by atoms with Gasteiger partial charge < -0.3 is 5.32 Å². The number of carbonyl (C=O) groups is 1. The molecule has 0 aliphatic heterocycles. The summed E-state index contributed by atoms with van der Waals surface area (Å²) in [5, 5.41) is 10.3. The second-order valence-electron chi connectivity index (χ2n) is 6.50. The number of hydrogen-bond donors (Lipinski definition) is 1. The molecule has 7 heteroatoms. The van der Waals surface area contributed by atoms with Crippen molar-refractivity contribution in [2.75, 3.05) is 0 Å². The lowest BCUT2D eigenvalue weighted by atomic mass is 9.95. The van der Waals surface area contributed by atoms with Gasteiger partial charge in [0.2, 0.25) is 5.91 Å². The van der Waals surface area contributed by atoms with Crippen LogP contribution in [0.5, 0.6) is 0 Å². The summed E-state index contributed by atoms with van der Waals surface area (Å²) in [7, 11) is 0. The van der Waals surface area contributed by atoms with Gasteiger partial charge in [0.25, 0.3) is 0 Å². The van der Waals surface area contributed by atoms with Crippen LogP contribution in [0.4, 0.5) is 0 Å². The molecule has 2 aromatic heterocycles. The summed E-state index contributed by atoms with van der Waals surface area (Å²) in [4.78, 5) is 16.8. The fourth-order valence-corrected chi connectivity index (χ4v) is 5.38. The molecule has 1 N–H and O–H groups in total. The molecule has 130 valence electrons. The molecular formula is C17H24N4OS2. The van der Waals surface area contributed by atoms with E-state index in [-0.39, 0.29) is 5.91 Å². The van der Waals surface area contributed by atoms with Crippen LogP contribution in [0.25, 0.3) is 0 Å². The second kappa shape index (κ2) is 7.70. The summed E-state index contributed by atoms with van der Waals surface area (Å²) in [6.45, 7) is 6.28. The number of thiazole rings is 1. The molecular weight excluding hydrogens is 340 g/mol. The molecule has 1 amide bonds. The molecule has 2 aromatic rings. The number of carbonyl (C=O) groups excluding carboxylic acids is 1. The molecule has 0 unspecified atom stereocenters. The number of thioether (sulfide) groups is 1. The predicted octanol–water partition coefficient (Wildman–Crippen LogP) is 3.48. The fraction of sp³-hybridized carbons (Fsp3) is 0.588. The molecule has 2 heterocycles. The van der Waals surface area contributed by atoms with Crippen LogP contribution in [-0.4, -0.2) is 32.0 Å². The van der Waals surface area contributed by atoms with E-state index in [1.165, 1.54) is 4.34 Å². The van der Waals surface area contributed by atoms with Crippen LogP contribution < -0.4 is 5.32 Å². The van der Waals surface area contributed by atoms with Crippen LogP contribution in [0, 0.1) is 20.8 Å². The Morgan fingerprint density at radius 2 is 2.04 bits per heavy atom. The first-order valence-electron chi connectivity index (χ1n) is 8.39. The van der Waals surface area contributed by atoms with Crippen molar-refractivity contribution in [3.05, 3.63) is 28.5 Å². The Labute approximate surface area is 151 Å². The van der Waals surface area contributed by atoms with E-state index in [4.69, 9.17) is 0 Å². The van der Waals surface area contributed by atoms with Gasteiger partial charge in [-0.3, -0.25) is 9.48 Å². The average molecular weight is 365 g/mol. The first kappa shape index (κ1) is 17.5. The molecule has 0 spiro atoms. The standard InChI is InChI=1S/C17H24N4OS2/c1-11-8-13(3)21(20-11)9-16(22)19-14-4-6-15(7-5-14)24-17-18-12(2)10-23-17/h8,10,14-15H,4-7,9H2,1-3H3,(H,19,22). The van der Waals surface area contributed by atoms with Gasteiger partial charge in [0.1, 0.15) is 10.9 Å². The molecule has 5 nitrogen and oxygen atoms in total. The number of nitrogens with zero attached hydrogens (tertiary/aromatic N) is 3. The minimum absolute atomic E-state index is 0.0628. The maximum atomic E-state index is 12.2. The Balaban J connectivity index is 1.43. The van der Waals surface area contributed by atoms with Crippen LogP contribution in [0.15, 0.2) is 15.8 Å². The first-order chi connectivity index (χ1) is 11.5. The van der Waals surface area contributed by atoms with Crippen molar-refractivity contribution < 1.29 is 4.79 Å². The molecule has 3 rings (SSSR count). The number of amides is 1. The molecule has 1 aliphatic carbocycles. The Morgan fingerprint density at radius 3 is 2.62 bits per heavy atom. The van der Waals surface area contributed by atoms with Gasteiger partial charge in [0, 0.05) is 28.1 Å². The maximum absolute atomic E-state index is 12.2. The maximum Gasteiger partial charge on any atom is 0.241 e. The summed E-state index contributed by atoms with van der Waals surface area (Å²) < 4.78 is 2.95. The van der Waals surface area contributed by atoms with E-state index < -0.39 is 0 Å². The third kappa shape index (κ3) is 4.60. The highest BCUT2D eigenvalue weighted by molar-refractivity contribution is 8.01. The van der Waals surface area contributed by atoms with E-state index in [1.54, 1.807) is 16.0 Å². The fourth-order valence-electron chi connectivity index (χ4n) is 3.10. The lowest BCUT2D eigenvalue weighted by molar-refractivity contribution is -0.122. The quantitative estimate of drug-likeness (QED) is 0.882. The van der Waals surface area contributed by atoms with Crippen LogP contribution in [0.3, 0.4) is 0 Å². The van der Waals surface area contributed by atoms with E-state index in [0.29, 0.717) is 17.8 Å². The highest BCUT2D eigenvalue weighted by atomic mass is 32.2. The molecule has 0 atom stereocenters. The van der Waals surface area contributed by atoms with Crippen molar-refractivity contribution in [3.63, 3.8) is 0 Å². The zero-order valence-corrected chi connectivity index (χ0v) is 16.0. The molecule has 1 aliphatic rings. The summed E-state index contributed by atoms with van der Waals surface area (Å²) in [6, 6.07) is 2.29.